The molecule has 0 unspecified atom stereocenters. The summed E-state index contributed by atoms with van der Waals surface area (Å²) in [5.74, 6) is 0. The third-order valence-electron chi connectivity index (χ3n) is 0.535. The Morgan fingerprint density at radius 3 is 3.29 bits per heavy atom. The number of hydrogen-bond donors (Lipinski definition) is 1. The maximum atomic E-state index is 10.3. The minimum absolute atomic E-state index is 0.0556. The van der Waals surface area contributed by atoms with Crippen LogP contribution in [0.25, 0.3) is 0 Å². The molecule has 1 aromatic heterocycles. The Labute approximate surface area is 41.4 Å². The second-order valence-corrected chi connectivity index (χ2v) is 1.04. The average molecular weight is 97.1 g/mol. The lowest BCUT2D eigenvalue weighted by molar-refractivity contribution is 1.02. The summed E-state index contributed by atoms with van der Waals surface area (Å²) in [4.78, 5) is 10.3. The topological polar surface area (TPSA) is 45.8 Å². The highest BCUT2D eigenvalue weighted by Gasteiger charge is 1.71. The highest BCUT2D eigenvalue weighted by atomic mass is 16.1. The summed E-state index contributed by atoms with van der Waals surface area (Å²) in [6, 6.07) is -0.0556. The van der Waals surface area contributed by atoms with Crippen molar-refractivity contribution in [1.29, 1.82) is 0 Å². The van der Waals surface area contributed by atoms with Crippen LogP contribution in [0.5, 0.6) is 0 Å². The van der Waals surface area contributed by atoms with Gasteiger partial charge in [-0.25, -0.2) is 0 Å². The van der Waals surface area contributed by atoms with Crippen LogP contribution in [0.3, 0.4) is 0 Å². The number of aromatic amines is 1. The van der Waals surface area contributed by atoms with E-state index in [4.69, 9.17) is 1.37 Å². The standard InChI is InChI=1S/C4H4N2O/c7-4-1-2-5-6-3-4/h1-3H,(H,5,7)/i1D. The molecule has 0 aliphatic rings. The van der Waals surface area contributed by atoms with E-state index >= 15 is 0 Å². The van der Waals surface area contributed by atoms with Gasteiger partial charge >= 0.3 is 0 Å². The molecule has 0 atom stereocenters. The molecule has 3 nitrogen and oxygen atoms in total. The number of aromatic nitrogens is 2. The Balaban J connectivity index is 3.35. The van der Waals surface area contributed by atoms with Crippen LogP contribution in [0.15, 0.2) is 23.2 Å². The van der Waals surface area contributed by atoms with E-state index in [2.05, 4.69) is 10.2 Å². The summed E-state index contributed by atoms with van der Waals surface area (Å²) in [6.07, 6.45) is 2.31. The SMILES string of the molecule is [2H]c1c[nH]ncc1=O. The molecule has 0 spiro atoms. The van der Waals surface area contributed by atoms with Gasteiger partial charge in [-0.3, -0.25) is 9.89 Å². The molecular formula is C4H4N2O. The van der Waals surface area contributed by atoms with Crippen LogP contribution < -0.4 is 5.43 Å². The molecule has 0 fully saturated rings. The summed E-state index contributed by atoms with van der Waals surface area (Å²) in [5.41, 5.74) is -0.358. The lowest BCUT2D eigenvalue weighted by Crippen LogP contribution is -1.96. The van der Waals surface area contributed by atoms with Gasteiger partial charge in [0.15, 0.2) is 5.43 Å². The zero-order chi connectivity index (χ0) is 5.98. The van der Waals surface area contributed by atoms with Gasteiger partial charge in [-0.1, -0.05) is 0 Å². The molecule has 1 heterocycles. The molecule has 0 amide bonds. The second-order valence-electron chi connectivity index (χ2n) is 1.04. The molecule has 1 N–H and O–H groups in total. The summed E-state index contributed by atoms with van der Waals surface area (Å²) in [6.45, 7) is 0. The highest BCUT2D eigenvalue weighted by molar-refractivity contribution is 4.82. The van der Waals surface area contributed by atoms with Crippen molar-refractivity contribution in [1.82, 2.24) is 10.2 Å². The number of hydrogen-bond acceptors (Lipinski definition) is 2. The van der Waals surface area contributed by atoms with E-state index in [9.17, 15) is 4.79 Å². The Morgan fingerprint density at radius 2 is 2.86 bits per heavy atom. The predicted octanol–water partition coefficient (Wildman–Crippen LogP) is -0.230. The van der Waals surface area contributed by atoms with Crippen molar-refractivity contribution in [2.75, 3.05) is 0 Å². The largest absolute Gasteiger partial charge is 0.288 e. The fraction of sp³-hybridized carbons (Fsp3) is 0. The van der Waals surface area contributed by atoms with Crippen molar-refractivity contribution in [3.63, 3.8) is 0 Å². The first-order valence-electron chi connectivity index (χ1n) is 2.30. The summed E-state index contributed by atoms with van der Waals surface area (Å²) >= 11 is 0. The maximum absolute atomic E-state index is 10.3. The average Bonchev–Trinajstić information content (AvgIpc) is 1.77. The van der Waals surface area contributed by atoms with Crippen molar-refractivity contribution < 1.29 is 1.37 Å². The van der Waals surface area contributed by atoms with Gasteiger partial charge in [-0.15, -0.1) is 0 Å². The van der Waals surface area contributed by atoms with E-state index in [-0.39, 0.29) is 11.5 Å². The Hall–Kier alpha value is -1.12. The van der Waals surface area contributed by atoms with Crippen molar-refractivity contribution in [3.05, 3.63) is 28.7 Å². The molecule has 0 saturated heterocycles. The molecule has 0 radical (unpaired) electrons. The lowest BCUT2D eigenvalue weighted by Gasteiger charge is -1.73. The fourth-order valence-electron chi connectivity index (χ4n) is 0.274. The van der Waals surface area contributed by atoms with Crippen molar-refractivity contribution in [3.8, 4) is 0 Å². The normalized spacial score (nSPS) is 10.6. The quantitative estimate of drug-likeness (QED) is 0.486. The first-order valence-corrected chi connectivity index (χ1v) is 1.80. The van der Waals surface area contributed by atoms with E-state index in [0.717, 1.165) is 6.20 Å². The zero-order valence-corrected chi connectivity index (χ0v) is 3.51. The van der Waals surface area contributed by atoms with Gasteiger partial charge in [0.2, 0.25) is 0 Å². The molecular weight excluding hydrogens is 92.1 g/mol. The number of nitrogens with one attached hydrogen (secondary N) is 1. The third kappa shape index (κ3) is 0.855. The summed E-state index contributed by atoms with van der Waals surface area (Å²) in [7, 11) is 0. The van der Waals surface area contributed by atoms with Crippen LogP contribution in [0.2, 0.25) is 0 Å². The van der Waals surface area contributed by atoms with Gasteiger partial charge in [-0.05, 0) is 0 Å². The van der Waals surface area contributed by atoms with Gasteiger partial charge in [0.25, 0.3) is 0 Å². The Kier molecular flexibility index (Phi) is 0.656. The number of H-pyrrole nitrogens is 1. The summed E-state index contributed by atoms with van der Waals surface area (Å²) < 4.78 is 6.84. The minimum atomic E-state index is -0.358. The van der Waals surface area contributed by atoms with Gasteiger partial charge in [-0.2, -0.15) is 5.10 Å². The Morgan fingerprint density at radius 1 is 2.00 bits per heavy atom. The van der Waals surface area contributed by atoms with Gasteiger partial charge in [0.1, 0.15) is 0 Å². The highest BCUT2D eigenvalue weighted by Crippen LogP contribution is 1.57. The lowest BCUT2D eigenvalue weighted by atomic mass is 10.6. The predicted molar refractivity (Wildman–Crippen MR) is 24.9 cm³/mol. The molecule has 0 aliphatic heterocycles. The van der Waals surface area contributed by atoms with E-state index in [1.807, 2.05) is 0 Å². The van der Waals surface area contributed by atoms with Gasteiger partial charge in [0.05, 0.1) is 7.57 Å². The van der Waals surface area contributed by atoms with E-state index in [1.54, 1.807) is 0 Å². The molecule has 0 bridgehead atoms. The first kappa shape index (κ1) is 2.96. The van der Waals surface area contributed by atoms with Crippen LogP contribution in [0.4, 0.5) is 0 Å². The Bertz CT molecular complexity index is 231. The van der Waals surface area contributed by atoms with Crippen molar-refractivity contribution in [2.45, 2.75) is 0 Å². The van der Waals surface area contributed by atoms with Crippen LogP contribution in [-0.2, 0) is 0 Å². The van der Waals surface area contributed by atoms with Crippen LogP contribution in [0, 0.1) is 0 Å². The van der Waals surface area contributed by atoms with Crippen LogP contribution >= 0.6 is 0 Å². The van der Waals surface area contributed by atoms with Gasteiger partial charge in [0, 0.05) is 12.2 Å². The van der Waals surface area contributed by atoms with Crippen molar-refractivity contribution in [2.24, 2.45) is 0 Å². The molecule has 1 aromatic rings. The molecule has 0 aliphatic carbocycles. The number of nitrogens with zero attached hydrogens (tertiary/aromatic N) is 1. The minimum Gasteiger partial charge on any atom is -0.288 e. The zero-order valence-electron chi connectivity index (χ0n) is 4.51. The number of rotatable bonds is 0. The smallest absolute Gasteiger partial charge is 0.200 e. The van der Waals surface area contributed by atoms with Gasteiger partial charge < -0.3 is 0 Å². The molecule has 0 saturated carbocycles. The fourth-order valence-corrected chi connectivity index (χ4v) is 0.274. The van der Waals surface area contributed by atoms with E-state index in [1.165, 1.54) is 6.20 Å². The maximum Gasteiger partial charge on any atom is 0.200 e. The molecule has 3 heteroatoms. The van der Waals surface area contributed by atoms with Crippen LogP contribution in [-0.4, -0.2) is 10.2 Å². The first-order chi connectivity index (χ1) is 3.80. The molecule has 36 valence electrons. The second kappa shape index (κ2) is 1.55. The third-order valence-corrected chi connectivity index (χ3v) is 0.535. The summed E-state index contributed by atoms with van der Waals surface area (Å²) in [5, 5.41) is 5.75. The molecule has 1 rings (SSSR count). The van der Waals surface area contributed by atoms with E-state index in [0.29, 0.717) is 0 Å². The van der Waals surface area contributed by atoms with Crippen LogP contribution in [0.1, 0.15) is 1.37 Å². The molecule has 7 heavy (non-hydrogen) atoms. The van der Waals surface area contributed by atoms with E-state index < -0.39 is 0 Å². The molecule has 0 aromatic carbocycles. The monoisotopic (exact) mass is 97.0 g/mol. The van der Waals surface area contributed by atoms with Crippen molar-refractivity contribution >= 4 is 0 Å².